The molecular weight excluding hydrogens is 190 g/mol. The minimum atomic E-state index is -0.291. The van der Waals surface area contributed by atoms with Crippen molar-refractivity contribution in [3.05, 3.63) is 30.4 Å². The molecular formula is C11H13N3O. The molecule has 1 saturated carbocycles. The molecule has 3 N–H and O–H groups in total. The van der Waals surface area contributed by atoms with Crippen molar-refractivity contribution in [1.29, 1.82) is 0 Å². The van der Waals surface area contributed by atoms with Crippen LogP contribution in [-0.2, 0) is 5.54 Å². The van der Waals surface area contributed by atoms with Crippen LogP contribution in [0.5, 0.6) is 5.75 Å². The molecule has 0 atom stereocenters. The second kappa shape index (κ2) is 2.73. The number of nitrogens with zero attached hydrogens (tertiary/aromatic N) is 2. The molecule has 1 fully saturated rings. The van der Waals surface area contributed by atoms with E-state index in [-0.39, 0.29) is 11.3 Å². The predicted octanol–water partition coefficient (Wildman–Crippen LogP) is 1.38. The molecule has 1 aliphatic carbocycles. The molecule has 4 heteroatoms. The monoisotopic (exact) mass is 203 g/mol. The molecule has 0 aromatic carbocycles. The fourth-order valence-corrected chi connectivity index (χ4v) is 2.16. The van der Waals surface area contributed by atoms with E-state index in [0.717, 1.165) is 30.6 Å². The number of pyridine rings is 1. The zero-order valence-corrected chi connectivity index (χ0v) is 8.35. The van der Waals surface area contributed by atoms with Crippen LogP contribution in [0.15, 0.2) is 24.5 Å². The summed E-state index contributed by atoms with van der Waals surface area (Å²) in [6, 6.07) is 3.46. The lowest BCUT2D eigenvalue weighted by molar-refractivity contribution is 0.237. The smallest absolute Gasteiger partial charge is 0.141 e. The van der Waals surface area contributed by atoms with E-state index in [9.17, 15) is 5.11 Å². The fourth-order valence-electron chi connectivity index (χ4n) is 2.16. The zero-order chi connectivity index (χ0) is 10.5. The Morgan fingerprint density at radius 3 is 2.93 bits per heavy atom. The molecule has 15 heavy (non-hydrogen) atoms. The quantitative estimate of drug-likeness (QED) is 0.736. The first-order valence-electron chi connectivity index (χ1n) is 5.15. The van der Waals surface area contributed by atoms with E-state index in [1.54, 1.807) is 18.3 Å². The molecule has 2 aromatic heterocycles. The van der Waals surface area contributed by atoms with Crippen molar-refractivity contribution in [2.75, 3.05) is 0 Å². The lowest BCUT2D eigenvalue weighted by atomic mass is 9.77. The third-order valence-electron chi connectivity index (χ3n) is 3.24. The van der Waals surface area contributed by atoms with Gasteiger partial charge in [0.15, 0.2) is 0 Å². The van der Waals surface area contributed by atoms with Gasteiger partial charge in [0, 0.05) is 6.20 Å². The molecule has 0 unspecified atom stereocenters. The van der Waals surface area contributed by atoms with Crippen LogP contribution >= 0.6 is 0 Å². The highest BCUT2D eigenvalue weighted by Crippen LogP contribution is 2.38. The van der Waals surface area contributed by atoms with Crippen molar-refractivity contribution in [2.45, 2.75) is 24.8 Å². The number of aromatic nitrogens is 2. The third kappa shape index (κ3) is 1.08. The summed E-state index contributed by atoms with van der Waals surface area (Å²) < 4.78 is 1.88. The van der Waals surface area contributed by atoms with Crippen LogP contribution in [0, 0.1) is 0 Å². The Labute approximate surface area is 87.4 Å². The first-order valence-corrected chi connectivity index (χ1v) is 5.15. The number of aromatic hydroxyl groups is 1. The summed E-state index contributed by atoms with van der Waals surface area (Å²) in [5, 5.41) is 9.64. The molecule has 0 spiro atoms. The fraction of sp³-hybridized carbons (Fsp3) is 0.364. The van der Waals surface area contributed by atoms with Gasteiger partial charge in [0.2, 0.25) is 0 Å². The summed E-state index contributed by atoms with van der Waals surface area (Å²) in [5.41, 5.74) is 6.65. The molecule has 78 valence electrons. The van der Waals surface area contributed by atoms with Crippen LogP contribution in [0.1, 0.15) is 25.1 Å². The number of imidazole rings is 1. The Morgan fingerprint density at radius 2 is 2.27 bits per heavy atom. The van der Waals surface area contributed by atoms with E-state index in [0.29, 0.717) is 0 Å². The summed E-state index contributed by atoms with van der Waals surface area (Å²) in [6.45, 7) is 0. The highest BCUT2D eigenvalue weighted by Gasteiger charge is 2.38. The van der Waals surface area contributed by atoms with Crippen LogP contribution in [0.25, 0.3) is 5.52 Å². The van der Waals surface area contributed by atoms with Crippen molar-refractivity contribution in [3.63, 3.8) is 0 Å². The summed E-state index contributed by atoms with van der Waals surface area (Å²) in [4.78, 5) is 4.33. The second-order valence-electron chi connectivity index (χ2n) is 4.24. The molecule has 0 radical (unpaired) electrons. The zero-order valence-electron chi connectivity index (χ0n) is 8.35. The molecule has 0 amide bonds. The SMILES string of the molecule is NC1(c2ncc3c(O)cccn23)CCC1. The Hall–Kier alpha value is -1.55. The molecule has 4 nitrogen and oxygen atoms in total. The van der Waals surface area contributed by atoms with Gasteiger partial charge in [-0.3, -0.25) is 4.40 Å². The molecule has 0 aliphatic heterocycles. The van der Waals surface area contributed by atoms with Crippen molar-refractivity contribution in [2.24, 2.45) is 5.73 Å². The number of hydrogen-bond donors (Lipinski definition) is 2. The topological polar surface area (TPSA) is 63.5 Å². The number of nitrogens with two attached hydrogens (primary N) is 1. The van der Waals surface area contributed by atoms with Gasteiger partial charge >= 0.3 is 0 Å². The minimum absolute atomic E-state index is 0.249. The minimum Gasteiger partial charge on any atom is -0.506 e. The maximum Gasteiger partial charge on any atom is 0.141 e. The van der Waals surface area contributed by atoms with Crippen molar-refractivity contribution >= 4 is 5.52 Å². The average molecular weight is 203 g/mol. The molecule has 0 saturated heterocycles. The number of hydrogen-bond acceptors (Lipinski definition) is 3. The third-order valence-corrected chi connectivity index (χ3v) is 3.24. The van der Waals surface area contributed by atoms with E-state index < -0.39 is 0 Å². The van der Waals surface area contributed by atoms with Crippen LogP contribution in [0.2, 0.25) is 0 Å². The second-order valence-corrected chi connectivity index (χ2v) is 4.24. The Balaban J connectivity index is 2.24. The van der Waals surface area contributed by atoms with Crippen LogP contribution in [0.3, 0.4) is 0 Å². The number of rotatable bonds is 1. The van der Waals surface area contributed by atoms with Gasteiger partial charge < -0.3 is 10.8 Å². The van der Waals surface area contributed by atoms with Crippen LogP contribution in [-0.4, -0.2) is 14.5 Å². The van der Waals surface area contributed by atoms with Gasteiger partial charge in [-0.25, -0.2) is 4.98 Å². The lowest BCUT2D eigenvalue weighted by Gasteiger charge is -2.36. The van der Waals surface area contributed by atoms with Crippen molar-refractivity contribution < 1.29 is 5.11 Å². The summed E-state index contributed by atoms with van der Waals surface area (Å²) in [5.74, 6) is 1.11. The van der Waals surface area contributed by atoms with Gasteiger partial charge in [-0.2, -0.15) is 0 Å². The Bertz CT molecular complexity index is 514. The Morgan fingerprint density at radius 1 is 1.47 bits per heavy atom. The van der Waals surface area contributed by atoms with Gasteiger partial charge in [0.25, 0.3) is 0 Å². The van der Waals surface area contributed by atoms with Crippen molar-refractivity contribution in [3.8, 4) is 5.75 Å². The lowest BCUT2D eigenvalue weighted by Crippen LogP contribution is -2.44. The van der Waals surface area contributed by atoms with Gasteiger partial charge in [0.05, 0.1) is 11.7 Å². The van der Waals surface area contributed by atoms with Gasteiger partial charge in [0.1, 0.15) is 17.1 Å². The maximum absolute atomic E-state index is 9.64. The van der Waals surface area contributed by atoms with Crippen molar-refractivity contribution in [1.82, 2.24) is 9.38 Å². The molecule has 0 bridgehead atoms. The Kier molecular flexibility index (Phi) is 1.59. The van der Waals surface area contributed by atoms with Gasteiger partial charge in [-0.15, -0.1) is 0 Å². The van der Waals surface area contributed by atoms with Gasteiger partial charge in [-0.05, 0) is 31.4 Å². The standard InChI is InChI=1S/C11H13N3O/c12-11(4-2-5-11)10-13-7-8-9(15)3-1-6-14(8)10/h1,3,6-7,15H,2,4-5,12H2. The highest BCUT2D eigenvalue weighted by atomic mass is 16.3. The average Bonchev–Trinajstić information content (AvgIpc) is 2.60. The maximum atomic E-state index is 9.64. The van der Waals surface area contributed by atoms with Crippen LogP contribution in [0.4, 0.5) is 0 Å². The molecule has 3 rings (SSSR count). The van der Waals surface area contributed by atoms with E-state index in [1.165, 1.54) is 0 Å². The highest BCUT2D eigenvalue weighted by molar-refractivity contribution is 5.58. The summed E-state index contributed by atoms with van der Waals surface area (Å²) in [6.07, 6.45) is 6.68. The van der Waals surface area contributed by atoms with E-state index >= 15 is 0 Å². The first-order chi connectivity index (χ1) is 7.21. The normalized spacial score (nSPS) is 19.0. The number of fused-ring (bicyclic) bond motifs is 1. The van der Waals surface area contributed by atoms with E-state index in [1.807, 2.05) is 10.6 Å². The van der Waals surface area contributed by atoms with E-state index in [4.69, 9.17) is 5.73 Å². The molecule has 2 heterocycles. The summed E-state index contributed by atoms with van der Waals surface area (Å²) in [7, 11) is 0. The summed E-state index contributed by atoms with van der Waals surface area (Å²) >= 11 is 0. The van der Waals surface area contributed by atoms with Crippen LogP contribution < -0.4 is 5.73 Å². The first kappa shape index (κ1) is 8.73. The molecule has 1 aliphatic rings. The largest absolute Gasteiger partial charge is 0.506 e. The molecule has 2 aromatic rings. The van der Waals surface area contributed by atoms with E-state index in [2.05, 4.69) is 4.98 Å². The van der Waals surface area contributed by atoms with Gasteiger partial charge in [-0.1, -0.05) is 0 Å². The predicted molar refractivity (Wildman–Crippen MR) is 56.6 cm³/mol.